The summed E-state index contributed by atoms with van der Waals surface area (Å²) in [7, 11) is 3.44. The van der Waals surface area contributed by atoms with Crippen molar-refractivity contribution < 1.29 is 9.53 Å². The Balaban J connectivity index is 2.38. The van der Waals surface area contributed by atoms with E-state index < -0.39 is 0 Å². The van der Waals surface area contributed by atoms with E-state index in [0.29, 0.717) is 6.61 Å². The summed E-state index contributed by atoms with van der Waals surface area (Å²) < 4.78 is 5.19. The lowest BCUT2D eigenvalue weighted by molar-refractivity contribution is -0.147. The molecule has 0 fully saturated rings. The number of esters is 1. The summed E-state index contributed by atoms with van der Waals surface area (Å²) in [5, 5.41) is 0. The Morgan fingerprint density at radius 3 is 2.44 bits per heavy atom. The third-order valence-corrected chi connectivity index (χ3v) is 5.44. The molecule has 0 heterocycles. The molecule has 0 aromatic heterocycles. The smallest absolute Gasteiger partial charge is 0.308 e. The Labute approximate surface area is 117 Å². The maximum Gasteiger partial charge on any atom is 0.308 e. The zero-order chi connectivity index (χ0) is 13.6. The standard InChI is InChI=1S/C14H20O2S2/c1-11(2)13(15)16-10-14(3,4)18-17-12-8-6-5-7-9-12/h5-9,11H,10H2,1-4H3. The van der Waals surface area contributed by atoms with Gasteiger partial charge in [0.2, 0.25) is 0 Å². The van der Waals surface area contributed by atoms with Crippen molar-refractivity contribution in [1.29, 1.82) is 0 Å². The molecule has 0 amide bonds. The lowest BCUT2D eigenvalue weighted by atomic mass is 10.2. The van der Waals surface area contributed by atoms with Crippen LogP contribution in [0.3, 0.4) is 0 Å². The van der Waals surface area contributed by atoms with Crippen molar-refractivity contribution in [2.75, 3.05) is 6.61 Å². The number of hydrogen-bond donors (Lipinski definition) is 0. The van der Waals surface area contributed by atoms with Crippen LogP contribution < -0.4 is 0 Å². The number of rotatable bonds is 6. The fourth-order valence-electron chi connectivity index (χ4n) is 1.07. The molecule has 0 saturated carbocycles. The van der Waals surface area contributed by atoms with E-state index in [-0.39, 0.29) is 16.6 Å². The first-order valence-electron chi connectivity index (χ1n) is 5.98. The van der Waals surface area contributed by atoms with Crippen molar-refractivity contribution in [3.63, 3.8) is 0 Å². The number of carbonyl (C=O) groups is 1. The van der Waals surface area contributed by atoms with Gasteiger partial charge in [-0.15, -0.1) is 0 Å². The predicted octanol–water partition coefficient (Wildman–Crippen LogP) is 4.40. The molecule has 0 radical (unpaired) electrons. The van der Waals surface area contributed by atoms with E-state index >= 15 is 0 Å². The summed E-state index contributed by atoms with van der Waals surface area (Å²) in [5.41, 5.74) is 0. The van der Waals surface area contributed by atoms with E-state index in [4.69, 9.17) is 4.74 Å². The van der Waals surface area contributed by atoms with Crippen molar-refractivity contribution >= 4 is 27.6 Å². The summed E-state index contributed by atoms with van der Waals surface area (Å²) in [6.07, 6.45) is 0. The maximum atomic E-state index is 11.4. The van der Waals surface area contributed by atoms with E-state index in [9.17, 15) is 4.79 Å². The Morgan fingerprint density at radius 1 is 1.28 bits per heavy atom. The lowest BCUT2D eigenvalue weighted by Crippen LogP contribution is -2.25. The van der Waals surface area contributed by atoms with Crippen molar-refractivity contribution in [2.24, 2.45) is 5.92 Å². The maximum absolute atomic E-state index is 11.4. The molecule has 0 bridgehead atoms. The molecule has 0 unspecified atom stereocenters. The van der Waals surface area contributed by atoms with Gasteiger partial charge in [-0.05, 0) is 26.0 Å². The normalized spacial score (nSPS) is 11.6. The molecule has 4 heteroatoms. The number of benzene rings is 1. The molecular formula is C14H20O2S2. The topological polar surface area (TPSA) is 26.3 Å². The van der Waals surface area contributed by atoms with Crippen LogP contribution in [0.15, 0.2) is 35.2 Å². The van der Waals surface area contributed by atoms with E-state index in [0.717, 1.165) is 0 Å². The molecule has 2 nitrogen and oxygen atoms in total. The largest absolute Gasteiger partial charge is 0.464 e. The minimum absolute atomic E-state index is 0.0624. The van der Waals surface area contributed by atoms with E-state index in [1.807, 2.05) is 32.0 Å². The van der Waals surface area contributed by atoms with Gasteiger partial charge in [-0.25, -0.2) is 0 Å². The van der Waals surface area contributed by atoms with Gasteiger partial charge in [0.05, 0.1) is 10.7 Å². The molecule has 0 aliphatic carbocycles. The highest BCUT2D eigenvalue weighted by Gasteiger charge is 2.22. The fourth-order valence-corrected chi connectivity index (χ4v) is 3.21. The Bertz CT molecular complexity index is 375. The number of carbonyl (C=O) groups excluding carboxylic acids is 1. The van der Waals surface area contributed by atoms with Gasteiger partial charge < -0.3 is 4.74 Å². The highest BCUT2D eigenvalue weighted by Crippen LogP contribution is 2.40. The highest BCUT2D eigenvalue weighted by molar-refractivity contribution is 8.77. The average molecular weight is 284 g/mol. The van der Waals surface area contributed by atoms with Gasteiger partial charge in [0, 0.05) is 4.90 Å². The Morgan fingerprint density at radius 2 is 1.89 bits per heavy atom. The molecule has 100 valence electrons. The van der Waals surface area contributed by atoms with Crippen molar-refractivity contribution in [3.05, 3.63) is 30.3 Å². The number of ether oxygens (including phenoxy) is 1. The molecule has 0 atom stereocenters. The fraction of sp³-hybridized carbons (Fsp3) is 0.500. The monoisotopic (exact) mass is 284 g/mol. The van der Waals surface area contributed by atoms with Crippen molar-refractivity contribution in [1.82, 2.24) is 0 Å². The first-order chi connectivity index (χ1) is 8.41. The van der Waals surface area contributed by atoms with Crippen LogP contribution in [-0.4, -0.2) is 17.3 Å². The molecule has 0 spiro atoms. The zero-order valence-electron chi connectivity index (χ0n) is 11.3. The highest BCUT2D eigenvalue weighted by atomic mass is 33.1. The second kappa shape index (κ2) is 7.10. The molecule has 0 N–H and O–H groups in total. The first kappa shape index (κ1) is 15.4. The van der Waals surface area contributed by atoms with Crippen LogP contribution >= 0.6 is 21.6 Å². The SMILES string of the molecule is CC(C)C(=O)OCC(C)(C)SSc1ccccc1. The molecular weight excluding hydrogens is 264 g/mol. The van der Waals surface area contributed by atoms with Gasteiger partial charge in [0.25, 0.3) is 0 Å². The summed E-state index contributed by atoms with van der Waals surface area (Å²) >= 11 is 0. The van der Waals surface area contributed by atoms with Crippen LogP contribution in [-0.2, 0) is 9.53 Å². The molecule has 0 aliphatic rings. The van der Waals surface area contributed by atoms with Gasteiger partial charge in [0.1, 0.15) is 6.61 Å². The third-order valence-electron chi connectivity index (χ3n) is 2.14. The molecule has 0 saturated heterocycles. The van der Waals surface area contributed by atoms with Crippen LogP contribution in [0, 0.1) is 5.92 Å². The Hall–Kier alpha value is -0.610. The summed E-state index contributed by atoms with van der Waals surface area (Å²) in [5.74, 6) is -0.194. The van der Waals surface area contributed by atoms with Gasteiger partial charge in [-0.2, -0.15) is 0 Å². The van der Waals surface area contributed by atoms with Crippen LogP contribution in [0.25, 0.3) is 0 Å². The van der Waals surface area contributed by atoms with Gasteiger partial charge in [-0.3, -0.25) is 4.79 Å². The van der Waals surface area contributed by atoms with E-state index in [1.54, 1.807) is 21.6 Å². The minimum Gasteiger partial charge on any atom is -0.464 e. The van der Waals surface area contributed by atoms with Gasteiger partial charge >= 0.3 is 5.97 Å². The third kappa shape index (κ3) is 5.83. The van der Waals surface area contributed by atoms with Gasteiger partial charge in [0.15, 0.2) is 0 Å². The summed E-state index contributed by atoms with van der Waals surface area (Å²) in [6.45, 7) is 8.30. The number of hydrogen-bond acceptors (Lipinski definition) is 4. The van der Waals surface area contributed by atoms with Crippen LogP contribution in [0.5, 0.6) is 0 Å². The molecule has 1 rings (SSSR count). The van der Waals surface area contributed by atoms with Crippen molar-refractivity contribution in [2.45, 2.75) is 37.3 Å². The lowest BCUT2D eigenvalue weighted by Gasteiger charge is -2.23. The first-order valence-corrected chi connectivity index (χ1v) is 8.13. The van der Waals surface area contributed by atoms with Crippen LogP contribution in [0.1, 0.15) is 27.7 Å². The van der Waals surface area contributed by atoms with Gasteiger partial charge in [-0.1, -0.05) is 53.6 Å². The van der Waals surface area contributed by atoms with Crippen LogP contribution in [0.2, 0.25) is 0 Å². The second-order valence-electron chi connectivity index (χ2n) is 5.00. The minimum atomic E-state index is -0.131. The second-order valence-corrected chi connectivity index (χ2v) is 7.91. The zero-order valence-corrected chi connectivity index (χ0v) is 12.9. The average Bonchev–Trinajstić information content (AvgIpc) is 2.35. The predicted molar refractivity (Wildman–Crippen MR) is 79.8 cm³/mol. The molecule has 1 aromatic carbocycles. The quantitative estimate of drug-likeness (QED) is 0.571. The van der Waals surface area contributed by atoms with Crippen molar-refractivity contribution in [3.8, 4) is 0 Å². The molecule has 18 heavy (non-hydrogen) atoms. The summed E-state index contributed by atoms with van der Waals surface area (Å²) in [6, 6.07) is 10.2. The molecule has 1 aromatic rings. The van der Waals surface area contributed by atoms with Crippen LogP contribution in [0.4, 0.5) is 0 Å². The Kier molecular flexibility index (Phi) is 6.09. The van der Waals surface area contributed by atoms with E-state index in [1.165, 1.54) is 4.90 Å². The molecule has 0 aliphatic heterocycles. The van der Waals surface area contributed by atoms with E-state index in [2.05, 4.69) is 26.0 Å². The summed E-state index contributed by atoms with van der Waals surface area (Å²) in [4.78, 5) is 12.6.